The lowest BCUT2D eigenvalue weighted by atomic mass is 10.3. The molecule has 0 aliphatic rings. The van der Waals surface area contributed by atoms with E-state index in [0.717, 1.165) is 4.88 Å². The van der Waals surface area contributed by atoms with Crippen molar-refractivity contribution >= 4 is 50.1 Å². The van der Waals surface area contributed by atoms with Crippen LogP contribution in [0.5, 0.6) is 0 Å². The van der Waals surface area contributed by atoms with Crippen molar-refractivity contribution in [2.75, 3.05) is 5.01 Å². The number of carbonyl (C=O) groups excluding carboxylic acids is 1. The van der Waals surface area contributed by atoms with Crippen LogP contribution in [0.2, 0.25) is 0 Å². The number of rotatable bonds is 3. The van der Waals surface area contributed by atoms with Gasteiger partial charge in [0.2, 0.25) is 11.0 Å². The second kappa shape index (κ2) is 5.71. The van der Waals surface area contributed by atoms with Gasteiger partial charge in [-0.05, 0) is 29.6 Å². The molecule has 21 heavy (non-hydrogen) atoms. The zero-order chi connectivity index (χ0) is 14.8. The molecule has 0 bridgehead atoms. The van der Waals surface area contributed by atoms with Crippen LogP contribution in [0.4, 0.5) is 9.52 Å². The Morgan fingerprint density at radius 3 is 3.00 bits per heavy atom. The molecule has 3 rings (SSSR count). The van der Waals surface area contributed by atoms with E-state index in [0.29, 0.717) is 15.3 Å². The van der Waals surface area contributed by atoms with Crippen LogP contribution >= 0.6 is 22.7 Å². The van der Waals surface area contributed by atoms with E-state index in [1.54, 1.807) is 12.3 Å². The van der Waals surface area contributed by atoms with Crippen molar-refractivity contribution in [3.63, 3.8) is 0 Å². The van der Waals surface area contributed by atoms with Crippen LogP contribution in [0.1, 0.15) is 11.8 Å². The quantitative estimate of drug-likeness (QED) is 0.543. The van der Waals surface area contributed by atoms with E-state index < -0.39 is 0 Å². The van der Waals surface area contributed by atoms with E-state index in [9.17, 15) is 9.18 Å². The molecule has 3 aromatic rings. The molecular formula is C14H10FN3OS2. The molecule has 0 radical (unpaired) electrons. The monoisotopic (exact) mass is 319 g/mol. The third kappa shape index (κ3) is 2.98. The van der Waals surface area contributed by atoms with Gasteiger partial charge in [-0.1, -0.05) is 17.4 Å². The van der Waals surface area contributed by atoms with Crippen molar-refractivity contribution in [1.29, 1.82) is 0 Å². The van der Waals surface area contributed by atoms with E-state index in [4.69, 9.17) is 0 Å². The summed E-state index contributed by atoms with van der Waals surface area (Å²) in [6.45, 7) is 1.42. The van der Waals surface area contributed by atoms with E-state index in [2.05, 4.69) is 10.1 Å². The average Bonchev–Trinajstić information content (AvgIpc) is 3.07. The number of halogens is 1. The number of thiazole rings is 1. The molecule has 0 saturated carbocycles. The molecule has 1 amide bonds. The number of nitrogens with zero attached hydrogens (tertiary/aromatic N) is 3. The Hall–Kier alpha value is -2.12. The maximum Gasteiger partial charge on any atom is 0.246 e. The highest BCUT2D eigenvalue weighted by molar-refractivity contribution is 7.22. The van der Waals surface area contributed by atoms with Gasteiger partial charge in [-0.3, -0.25) is 4.79 Å². The van der Waals surface area contributed by atoms with Crippen LogP contribution < -0.4 is 5.01 Å². The zero-order valence-electron chi connectivity index (χ0n) is 11.0. The smallest absolute Gasteiger partial charge is 0.246 e. The minimum absolute atomic E-state index is 0.248. The Kier molecular flexibility index (Phi) is 3.76. The van der Waals surface area contributed by atoms with Crippen molar-refractivity contribution in [1.82, 2.24) is 4.98 Å². The van der Waals surface area contributed by atoms with Crippen LogP contribution in [-0.2, 0) is 4.79 Å². The molecule has 106 valence electrons. The van der Waals surface area contributed by atoms with Crippen molar-refractivity contribution in [2.45, 2.75) is 6.92 Å². The lowest BCUT2D eigenvalue weighted by molar-refractivity contribution is -0.116. The first kappa shape index (κ1) is 13.8. The van der Waals surface area contributed by atoms with E-state index in [-0.39, 0.29) is 11.7 Å². The molecular weight excluding hydrogens is 309 g/mol. The number of benzene rings is 1. The summed E-state index contributed by atoms with van der Waals surface area (Å²) in [5.74, 6) is -0.573. The SMILES string of the molecule is CC(=O)N(/N=C/c1cccs1)c1nc2ccc(F)cc2s1. The van der Waals surface area contributed by atoms with Gasteiger partial charge in [0.25, 0.3) is 0 Å². The highest BCUT2D eigenvalue weighted by Crippen LogP contribution is 2.29. The number of amides is 1. The van der Waals surface area contributed by atoms with Gasteiger partial charge in [-0.25, -0.2) is 9.37 Å². The molecule has 2 aromatic heterocycles. The molecule has 2 heterocycles. The lowest BCUT2D eigenvalue weighted by Crippen LogP contribution is -2.22. The number of hydrogen-bond donors (Lipinski definition) is 0. The van der Waals surface area contributed by atoms with Gasteiger partial charge in [0.15, 0.2) is 0 Å². The standard InChI is InChI=1S/C14H10FN3OS2/c1-9(19)18(16-8-11-3-2-6-20-11)14-17-12-5-4-10(15)7-13(12)21-14/h2-8H,1H3/b16-8+. The fourth-order valence-electron chi connectivity index (χ4n) is 1.72. The summed E-state index contributed by atoms with van der Waals surface area (Å²) in [5.41, 5.74) is 0.647. The lowest BCUT2D eigenvalue weighted by Gasteiger charge is -2.09. The Balaban J connectivity index is 1.97. The highest BCUT2D eigenvalue weighted by atomic mass is 32.1. The first-order valence-corrected chi connectivity index (χ1v) is 7.77. The molecule has 4 nitrogen and oxygen atoms in total. The van der Waals surface area contributed by atoms with Gasteiger partial charge in [0, 0.05) is 11.8 Å². The average molecular weight is 319 g/mol. The Bertz CT molecular complexity index is 811. The number of hydrazone groups is 1. The molecule has 0 spiro atoms. The van der Waals surface area contributed by atoms with Gasteiger partial charge in [-0.2, -0.15) is 10.1 Å². The van der Waals surface area contributed by atoms with Crippen LogP contribution in [0.15, 0.2) is 40.8 Å². The molecule has 0 fully saturated rings. The molecule has 0 saturated heterocycles. The summed E-state index contributed by atoms with van der Waals surface area (Å²) in [6.07, 6.45) is 1.61. The molecule has 0 unspecified atom stereocenters. The minimum Gasteiger partial charge on any atom is -0.273 e. The summed E-state index contributed by atoms with van der Waals surface area (Å²) in [4.78, 5) is 17.0. The summed E-state index contributed by atoms with van der Waals surface area (Å²) in [6, 6.07) is 8.15. The van der Waals surface area contributed by atoms with Crippen LogP contribution in [0.3, 0.4) is 0 Å². The number of fused-ring (bicyclic) bond motifs is 1. The van der Waals surface area contributed by atoms with Gasteiger partial charge in [-0.15, -0.1) is 11.3 Å². The van der Waals surface area contributed by atoms with Crippen molar-refractivity contribution in [3.05, 3.63) is 46.4 Å². The van der Waals surface area contributed by atoms with E-state index >= 15 is 0 Å². The van der Waals surface area contributed by atoms with Crippen LogP contribution in [0, 0.1) is 5.82 Å². The van der Waals surface area contributed by atoms with Gasteiger partial charge < -0.3 is 0 Å². The van der Waals surface area contributed by atoms with Gasteiger partial charge in [0.1, 0.15) is 5.82 Å². The molecule has 0 atom stereocenters. The van der Waals surface area contributed by atoms with E-state index in [1.165, 1.54) is 46.7 Å². The van der Waals surface area contributed by atoms with Crippen molar-refractivity contribution < 1.29 is 9.18 Å². The summed E-state index contributed by atoms with van der Waals surface area (Å²) >= 11 is 2.75. The van der Waals surface area contributed by atoms with E-state index in [1.807, 2.05) is 17.5 Å². The highest BCUT2D eigenvalue weighted by Gasteiger charge is 2.15. The number of anilines is 1. The number of aromatic nitrogens is 1. The molecule has 1 aromatic carbocycles. The normalized spacial score (nSPS) is 11.3. The number of thiophene rings is 1. The molecule has 0 aliphatic heterocycles. The van der Waals surface area contributed by atoms with Crippen molar-refractivity contribution in [2.24, 2.45) is 5.10 Å². The summed E-state index contributed by atoms with van der Waals surface area (Å²) in [7, 11) is 0. The molecule has 0 N–H and O–H groups in total. The zero-order valence-corrected chi connectivity index (χ0v) is 12.6. The number of carbonyl (C=O) groups is 1. The second-order valence-electron chi connectivity index (χ2n) is 4.20. The predicted molar refractivity (Wildman–Crippen MR) is 84.7 cm³/mol. The molecule has 7 heteroatoms. The first-order chi connectivity index (χ1) is 10.1. The summed E-state index contributed by atoms with van der Waals surface area (Å²) < 4.78 is 13.9. The second-order valence-corrected chi connectivity index (χ2v) is 6.19. The topological polar surface area (TPSA) is 45.6 Å². The fourth-order valence-corrected chi connectivity index (χ4v) is 3.29. The summed E-state index contributed by atoms with van der Waals surface area (Å²) in [5, 5.41) is 7.76. The maximum absolute atomic E-state index is 13.2. The largest absolute Gasteiger partial charge is 0.273 e. The first-order valence-electron chi connectivity index (χ1n) is 6.08. The van der Waals surface area contributed by atoms with Crippen LogP contribution in [-0.4, -0.2) is 17.1 Å². The fraction of sp³-hybridized carbons (Fsp3) is 0.0714. The third-order valence-electron chi connectivity index (χ3n) is 2.66. The number of hydrogen-bond acceptors (Lipinski definition) is 5. The van der Waals surface area contributed by atoms with Gasteiger partial charge in [0.05, 0.1) is 16.4 Å². The van der Waals surface area contributed by atoms with Crippen LogP contribution in [0.25, 0.3) is 10.2 Å². The predicted octanol–water partition coefficient (Wildman–Crippen LogP) is 3.88. The Labute approximate surface area is 128 Å². The Morgan fingerprint density at radius 1 is 1.43 bits per heavy atom. The molecule has 0 aliphatic carbocycles. The van der Waals surface area contributed by atoms with Gasteiger partial charge >= 0.3 is 0 Å². The minimum atomic E-state index is -0.325. The third-order valence-corrected chi connectivity index (χ3v) is 4.46. The van der Waals surface area contributed by atoms with Crippen molar-refractivity contribution in [3.8, 4) is 0 Å². The Morgan fingerprint density at radius 2 is 2.29 bits per heavy atom. The maximum atomic E-state index is 13.2.